The van der Waals surface area contributed by atoms with Gasteiger partial charge in [0.1, 0.15) is 11.7 Å². The van der Waals surface area contributed by atoms with Gasteiger partial charge in [-0.1, -0.05) is 18.2 Å². The fraction of sp³-hybridized carbons (Fsp3) is 0.409. The molecule has 0 bridgehead atoms. The van der Waals surface area contributed by atoms with Gasteiger partial charge >= 0.3 is 5.97 Å². The van der Waals surface area contributed by atoms with Crippen molar-refractivity contribution in [3.8, 4) is 6.07 Å². The van der Waals surface area contributed by atoms with Gasteiger partial charge in [0.05, 0.1) is 29.1 Å². The lowest BCUT2D eigenvalue weighted by Gasteiger charge is -2.33. The van der Waals surface area contributed by atoms with Gasteiger partial charge in [-0.25, -0.2) is 0 Å². The van der Waals surface area contributed by atoms with Gasteiger partial charge < -0.3 is 15.0 Å². The first-order chi connectivity index (χ1) is 16.3. The highest BCUT2D eigenvalue weighted by molar-refractivity contribution is 5.98. The first-order valence-electron chi connectivity index (χ1n) is 10.8. The predicted octanol–water partition coefficient (Wildman–Crippen LogP) is 1.68. The lowest BCUT2D eigenvalue weighted by Crippen LogP contribution is -2.41. The summed E-state index contributed by atoms with van der Waals surface area (Å²) in [6.07, 6.45) is 1.03. The fourth-order valence-corrected chi connectivity index (χ4v) is 4.49. The van der Waals surface area contributed by atoms with Gasteiger partial charge in [-0.3, -0.25) is 29.5 Å². The number of H-pyrrole nitrogens is 1. The summed E-state index contributed by atoms with van der Waals surface area (Å²) < 4.78 is 5.08. The smallest absolute Gasteiger partial charge is 0.309 e. The molecule has 2 aliphatic heterocycles. The first kappa shape index (κ1) is 22.9. The first-order valence-corrected chi connectivity index (χ1v) is 10.8. The zero-order valence-electron chi connectivity index (χ0n) is 18.3. The van der Waals surface area contributed by atoms with Crippen molar-refractivity contribution in [1.29, 1.82) is 5.26 Å². The fourth-order valence-electron chi connectivity index (χ4n) is 4.49. The van der Waals surface area contributed by atoms with E-state index in [4.69, 9.17) is 4.74 Å². The monoisotopic (exact) mass is 466 g/mol. The van der Waals surface area contributed by atoms with Crippen molar-refractivity contribution in [3.05, 3.63) is 55.9 Å². The number of aromatic amines is 1. The predicted molar refractivity (Wildman–Crippen MR) is 119 cm³/mol. The Hall–Kier alpha value is -4.27. The third-order valence-electron chi connectivity index (χ3n) is 6.13. The van der Waals surface area contributed by atoms with E-state index in [0.717, 1.165) is 0 Å². The SMILES string of the molecule is CCOC(=O)C1CCN(c2nc3c(c(=O)[nH]2)C(c2ccccc2[N+](=O)[O-])C(C#N)C(=O)N3)CC1. The number of ether oxygens (including phenoxy) is 1. The number of fused-ring (bicyclic) bond motifs is 1. The third-order valence-corrected chi connectivity index (χ3v) is 6.13. The Morgan fingerprint density at radius 1 is 1.32 bits per heavy atom. The highest BCUT2D eigenvalue weighted by Gasteiger charge is 2.43. The van der Waals surface area contributed by atoms with Gasteiger partial charge in [-0.05, 0) is 19.8 Å². The highest BCUT2D eigenvalue weighted by Crippen LogP contribution is 2.41. The average Bonchev–Trinajstić information content (AvgIpc) is 2.83. The molecule has 2 aromatic rings. The third kappa shape index (κ3) is 4.07. The number of carbonyl (C=O) groups is 2. The van der Waals surface area contributed by atoms with Crippen molar-refractivity contribution >= 4 is 29.3 Å². The Bertz CT molecular complexity index is 1240. The van der Waals surface area contributed by atoms with Gasteiger partial charge in [0.25, 0.3) is 11.2 Å². The molecule has 1 aromatic carbocycles. The topological polar surface area (TPSA) is 171 Å². The average molecular weight is 466 g/mol. The van der Waals surface area contributed by atoms with Crippen LogP contribution in [0.1, 0.15) is 36.8 Å². The number of nitrogens with one attached hydrogen (secondary N) is 2. The van der Waals surface area contributed by atoms with Gasteiger partial charge in [0, 0.05) is 30.6 Å². The lowest BCUT2D eigenvalue weighted by molar-refractivity contribution is -0.385. The Morgan fingerprint density at radius 2 is 2.03 bits per heavy atom. The number of para-hydroxylation sites is 1. The number of nitro groups is 1. The molecule has 0 radical (unpaired) electrons. The van der Waals surface area contributed by atoms with Crippen molar-refractivity contribution in [1.82, 2.24) is 9.97 Å². The Balaban J connectivity index is 1.71. The van der Waals surface area contributed by atoms with E-state index in [-0.39, 0.29) is 40.5 Å². The summed E-state index contributed by atoms with van der Waals surface area (Å²) in [5.74, 6) is -3.51. The number of carbonyl (C=O) groups excluding carboxylic acids is 2. The van der Waals surface area contributed by atoms with Crippen LogP contribution in [0.4, 0.5) is 17.5 Å². The summed E-state index contributed by atoms with van der Waals surface area (Å²) in [6, 6.07) is 7.59. The van der Waals surface area contributed by atoms with Crippen LogP contribution in [0, 0.1) is 33.3 Å². The van der Waals surface area contributed by atoms with Crippen LogP contribution in [0.2, 0.25) is 0 Å². The summed E-state index contributed by atoms with van der Waals surface area (Å²) >= 11 is 0. The van der Waals surface area contributed by atoms with Crippen molar-refractivity contribution in [2.75, 3.05) is 29.9 Å². The van der Waals surface area contributed by atoms with Crippen LogP contribution in [0.25, 0.3) is 0 Å². The molecule has 0 aliphatic carbocycles. The van der Waals surface area contributed by atoms with E-state index in [9.17, 15) is 29.8 Å². The largest absolute Gasteiger partial charge is 0.466 e. The van der Waals surface area contributed by atoms with Crippen LogP contribution < -0.4 is 15.8 Å². The molecule has 12 heteroatoms. The molecule has 1 aromatic heterocycles. The van der Waals surface area contributed by atoms with Crippen LogP contribution in [0.3, 0.4) is 0 Å². The number of nitriles is 1. The van der Waals surface area contributed by atoms with Crippen molar-refractivity contribution in [3.63, 3.8) is 0 Å². The minimum absolute atomic E-state index is 0.00869. The summed E-state index contributed by atoms with van der Waals surface area (Å²) in [5, 5.41) is 23.8. The Kier molecular flexibility index (Phi) is 6.27. The Labute approximate surface area is 193 Å². The molecule has 0 spiro atoms. The van der Waals surface area contributed by atoms with E-state index < -0.39 is 28.2 Å². The van der Waals surface area contributed by atoms with E-state index >= 15 is 0 Å². The number of amides is 1. The van der Waals surface area contributed by atoms with Gasteiger partial charge in [0.2, 0.25) is 11.9 Å². The van der Waals surface area contributed by atoms with E-state index in [2.05, 4.69) is 15.3 Å². The molecular formula is C22H22N6O6. The maximum absolute atomic E-state index is 13.2. The molecule has 34 heavy (non-hydrogen) atoms. The number of piperidine rings is 1. The Morgan fingerprint density at radius 3 is 2.68 bits per heavy atom. The molecule has 2 aliphatic rings. The molecular weight excluding hydrogens is 444 g/mol. The molecule has 12 nitrogen and oxygen atoms in total. The summed E-state index contributed by atoms with van der Waals surface area (Å²) in [5.41, 5.74) is -0.815. The summed E-state index contributed by atoms with van der Waals surface area (Å²) in [6.45, 7) is 2.93. The van der Waals surface area contributed by atoms with Crippen LogP contribution >= 0.6 is 0 Å². The second kappa shape index (κ2) is 9.30. The van der Waals surface area contributed by atoms with Crippen molar-refractivity contribution < 1.29 is 19.2 Å². The number of hydrogen-bond donors (Lipinski definition) is 2. The number of nitrogens with zero attached hydrogens (tertiary/aromatic N) is 4. The van der Waals surface area contributed by atoms with Crippen LogP contribution in [0.5, 0.6) is 0 Å². The molecule has 0 saturated carbocycles. The molecule has 1 fully saturated rings. The number of anilines is 2. The number of nitro benzene ring substituents is 1. The second-order valence-corrected chi connectivity index (χ2v) is 8.05. The molecule has 3 heterocycles. The zero-order valence-corrected chi connectivity index (χ0v) is 18.3. The number of esters is 1. The van der Waals surface area contributed by atoms with Gasteiger partial charge in [-0.2, -0.15) is 10.2 Å². The minimum atomic E-state index is -1.34. The molecule has 1 amide bonds. The van der Waals surface area contributed by atoms with E-state index in [1.807, 2.05) is 6.07 Å². The van der Waals surface area contributed by atoms with Crippen LogP contribution in [-0.2, 0) is 14.3 Å². The van der Waals surface area contributed by atoms with E-state index in [1.165, 1.54) is 18.2 Å². The van der Waals surface area contributed by atoms with Crippen molar-refractivity contribution in [2.45, 2.75) is 25.7 Å². The highest BCUT2D eigenvalue weighted by atomic mass is 16.6. The number of rotatable bonds is 5. The lowest BCUT2D eigenvalue weighted by atomic mass is 9.78. The number of aromatic nitrogens is 2. The standard InChI is InChI=1S/C22H22N6O6/c1-2-34-21(31)12-7-9-27(10-8-12)22-25-18-17(20(30)26-22)16(14(11-23)19(29)24-18)13-5-3-4-6-15(13)28(32)33/h3-6,12,14,16H,2,7-10H2,1H3,(H2,24,25,26,29,30). The maximum Gasteiger partial charge on any atom is 0.309 e. The number of hydrogen-bond acceptors (Lipinski definition) is 9. The quantitative estimate of drug-likeness (QED) is 0.378. The second-order valence-electron chi connectivity index (χ2n) is 8.05. The normalized spacial score (nSPS) is 20.1. The summed E-state index contributed by atoms with van der Waals surface area (Å²) in [4.78, 5) is 57.8. The van der Waals surface area contributed by atoms with E-state index in [0.29, 0.717) is 32.5 Å². The molecule has 1 saturated heterocycles. The van der Waals surface area contributed by atoms with Gasteiger partial charge in [-0.15, -0.1) is 0 Å². The van der Waals surface area contributed by atoms with Crippen LogP contribution in [-0.4, -0.2) is 46.5 Å². The van der Waals surface area contributed by atoms with Crippen molar-refractivity contribution in [2.24, 2.45) is 11.8 Å². The summed E-state index contributed by atoms with van der Waals surface area (Å²) in [7, 11) is 0. The molecule has 2 N–H and O–H groups in total. The zero-order chi connectivity index (χ0) is 24.4. The number of benzene rings is 1. The maximum atomic E-state index is 13.2. The molecule has 2 atom stereocenters. The molecule has 2 unspecified atom stereocenters. The van der Waals surface area contributed by atoms with E-state index in [1.54, 1.807) is 17.9 Å². The van der Waals surface area contributed by atoms with Gasteiger partial charge in [0.15, 0.2) is 0 Å². The molecule has 4 rings (SSSR count). The molecule has 176 valence electrons. The minimum Gasteiger partial charge on any atom is -0.466 e. The van der Waals surface area contributed by atoms with Crippen LogP contribution in [0.15, 0.2) is 29.1 Å².